The summed E-state index contributed by atoms with van der Waals surface area (Å²) in [6.45, 7) is 4.84. The van der Waals surface area contributed by atoms with Crippen LogP contribution in [-0.4, -0.2) is 49.9 Å². The average molecular weight is 458 g/mol. The van der Waals surface area contributed by atoms with Crippen molar-refractivity contribution in [3.05, 3.63) is 41.3 Å². The lowest BCUT2D eigenvalue weighted by atomic mass is 9.99. The number of oxazole rings is 1. The summed E-state index contributed by atoms with van der Waals surface area (Å²) in [5.41, 5.74) is 0.663. The van der Waals surface area contributed by atoms with E-state index >= 15 is 0 Å². The summed E-state index contributed by atoms with van der Waals surface area (Å²) < 4.78 is 64.5. The van der Waals surface area contributed by atoms with Gasteiger partial charge in [-0.3, -0.25) is 4.79 Å². The van der Waals surface area contributed by atoms with E-state index in [4.69, 9.17) is 9.15 Å². The Morgan fingerprint density at radius 2 is 2.00 bits per heavy atom. The molecule has 0 unspecified atom stereocenters. The van der Waals surface area contributed by atoms with Crippen molar-refractivity contribution in [2.45, 2.75) is 32.6 Å². The van der Waals surface area contributed by atoms with Gasteiger partial charge in [-0.2, -0.15) is 17.7 Å². The maximum absolute atomic E-state index is 13.1. The van der Waals surface area contributed by atoms with Gasteiger partial charge in [0.25, 0.3) is 18.3 Å². The molecule has 0 saturated carbocycles. The fraction of sp³-hybridized carbons (Fsp3) is 0.474. The highest BCUT2D eigenvalue weighted by Gasteiger charge is 2.27. The second kappa shape index (κ2) is 9.71. The normalized spacial score (nSPS) is 15.8. The van der Waals surface area contributed by atoms with Gasteiger partial charge in [0.1, 0.15) is 6.26 Å². The first kappa shape index (κ1) is 23.1. The number of amides is 1. The monoisotopic (exact) mass is 458 g/mol. The van der Waals surface area contributed by atoms with Gasteiger partial charge in [0.15, 0.2) is 5.69 Å². The number of hydrogen-bond donors (Lipinski definition) is 2. The van der Waals surface area contributed by atoms with Gasteiger partial charge >= 0.3 is 10.2 Å². The Bertz CT molecular complexity index is 1020. The Hall–Kier alpha value is -2.57. The maximum atomic E-state index is 13.1. The van der Waals surface area contributed by atoms with Crippen molar-refractivity contribution >= 4 is 27.8 Å². The molecule has 0 bridgehead atoms. The predicted molar refractivity (Wildman–Crippen MR) is 109 cm³/mol. The van der Waals surface area contributed by atoms with Crippen molar-refractivity contribution in [2.24, 2.45) is 0 Å². The molecule has 1 aromatic heterocycles. The highest BCUT2D eigenvalue weighted by Crippen LogP contribution is 2.31. The Balaban J connectivity index is 1.74. The van der Waals surface area contributed by atoms with Crippen molar-refractivity contribution in [1.29, 1.82) is 0 Å². The second-order valence-corrected chi connectivity index (χ2v) is 8.94. The molecule has 12 heteroatoms. The zero-order chi connectivity index (χ0) is 22.6. The first-order valence-corrected chi connectivity index (χ1v) is 11.2. The number of halogens is 2. The average Bonchev–Trinajstić information content (AvgIpc) is 2.99. The van der Waals surface area contributed by atoms with Crippen LogP contribution in [0.1, 0.15) is 54.2 Å². The molecule has 0 spiro atoms. The summed E-state index contributed by atoms with van der Waals surface area (Å²) in [5, 5.41) is 2.79. The van der Waals surface area contributed by atoms with E-state index in [2.05, 4.69) is 10.3 Å². The van der Waals surface area contributed by atoms with Gasteiger partial charge < -0.3 is 14.5 Å². The molecular weight excluding hydrogens is 434 g/mol. The molecule has 9 nitrogen and oxygen atoms in total. The van der Waals surface area contributed by atoms with Crippen molar-refractivity contribution in [2.75, 3.05) is 31.6 Å². The lowest BCUT2D eigenvalue weighted by molar-refractivity contribution is 0.0973. The van der Waals surface area contributed by atoms with E-state index in [0.29, 0.717) is 18.7 Å². The predicted octanol–water partition coefficient (Wildman–Crippen LogP) is 3.18. The number of carbonyl (C=O) groups excluding carboxylic acids is 1. The van der Waals surface area contributed by atoms with Crippen molar-refractivity contribution in [3.63, 3.8) is 0 Å². The molecule has 1 aliphatic rings. The van der Waals surface area contributed by atoms with Gasteiger partial charge in [0.2, 0.25) is 0 Å². The minimum absolute atomic E-state index is 0.0229. The van der Waals surface area contributed by atoms with Crippen LogP contribution in [-0.2, 0) is 14.9 Å². The Morgan fingerprint density at radius 3 is 2.71 bits per heavy atom. The van der Waals surface area contributed by atoms with Gasteiger partial charge in [0.05, 0.1) is 6.61 Å². The summed E-state index contributed by atoms with van der Waals surface area (Å²) in [7, 11) is -4.07. The van der Waals surface area contributed by atoms with Crippen LogP contribution >= 0.6 is 0 Å². The van der Waals surface area contributed by atoms with Crippen molar-refractivity contribution in [3.8, 4) is 0 Å². The maximum Gasteiger partial charge on any atom is 0.304 e. The van der Waals surface area contributed by atoms with E-state index in [-0.39, 0.29) is 42.9 Å². The molecule has 1 saturated heterocycles. The first-order valence-electron chi connectivity index (χ1n) is 9.72. The first-order chi connectivity index (χ1) is 14.7. The highest BCUT2D eigenvalue weighted by molar-refractivity contribution is 7.87. The van der Waals surface area contributed by atoms with E-state index in [0.717, 1.165) is 16.1 Å². The summed E-state index contributed by atoms with van der Waals surface area (Å²) in [6.07, 6.45) is -1.14. The Morgan fingerprint density at radius 1 is 1.23 bits per heavy atom. The minimum Gasteiger partial charge on any atom is -0.431 e. The topological polar surface area (TPSA) is 114 Å². The van der Waals surface area contributed by atoms with E-state index in [1.807, 2.05) is 18.6 Å². The molecule has 2 heterocycles. The second-order valence-electron chi connectivity index (χ2n) is 7.27. The standard InChI is InChI=1S/C19H24F2N4O5S/c1-12(2)14-5-4-13(17(20)21)10-15(14)22-19-23-16(11-30-19)18(26)24-31(27,28)25-6-3-8-29-9-7-25/h4-5,10-12,17H,3,6-9H2,1-2H3,(H,22,23)(H,24,26). The van der Waals surface area contributed by atoms with Crippen molar-refractivity contribution in [1.82, 2.24) is 14.0 Å². The molecule has 0 atom stereocenters. The fourth-order valence-electron chi connectivity index (χ4n) is 3.07. The fourth-order valence-corrected chi connectivity index (χ4v) is 4.22. The molecule has 1 aliphatic heterocycles. The zero-order valence-corrected chi connectivity index (χ0v) is 17.9. The lowest BCUT2D eigenvalue weighted by Crippen LogP contribution is -2.44. The van der Waals surface area contributed by atoms with Gasteiger partial charge in [-0.15, -0.1) is 0 Å². The molecule has 0 radical (unpaired) electrons. The van der Waals surface area contributed by atoms with Crippen LogP contribution in [0.25, 0.3) is 0 Å². The zero-order valence-electron chi connectivity index (χ0n) is 17.1. The van der Waals surface area contributed by atoms with Crippen LogP contribution in [0.4, 0.5) is 20.5 Å². The largest absolute Gasteiger partial charge is 0.431 e. The summed E-state index contributed by atoms with van der Waals surface area (Å²) in [4.78, 5) is 16.3. The van der Waals surface area contributed by atoms with Crippen LogP contribution in [0.3, 0.4) is 0 Å². The molecule has 1 amide bonds. The smallest absolute Gasteiger partial charge is 0.304 e. The lowest BCUT2D eigenvalue weighted by Gasteiger charge is -2.18. The van der Waals surface area contributed by atoms with Crippen LogP contribution in [0.2, 0.25) is 0 Å². The van der Waals surface area contributed by atoms with E-state index < -0.39 is 22.5 Å². The number of rotatable bonds is 7. The van der Waals surface area contributed by atoms with E-state index in [9.17, 15) is 22.0 Å². The molecule has 170 valence electrons. The number of alkyl halides is 2. The molecule has 31 heavy (non-hydrogen) atoms. The number of aromatic nitrogens is 1. The number of nitrogens with zero attached hydrogens (tertiary/aromatic N) is 2. The SMILES string of the molecule is CC(C)c1ccc(C(F)F)cc1Nc1nc(C(=O)NS(=O)(=O)N2CCCOCC2)co1. The number of benzene rings is 1. The summed E-state index contributed by atoms with van der Waals surface area (Å²) >= 11 is 0. The Labute approximate surface area is 179 Å². The van der Waals surface area contributed by atoms with E-state index in [1.54, 1.807) is 6.07 Å². The number of hydrogen-bond acceptors (Lipinski definition) is 7. The van der Waals surface area contributed by atoms with Crippen LogP contribution in [0.5, 0.6) is 0 Å². The minimum atomic E-state index is -4.07. The van der Waals surface area contributed by atoms with Gasteiger partial charge in [0, 0.05) is 30.9 Å². The Kier molecular flexibility index (Phi) is 7.23. The van der Waals surface area contributed by atoms with Gasteiger partial charge in [-0.1, -0.05) is 26.0 Å². The molecule has 1 fully saturated rings. The molecule has 1 aromatic carbocycles. The third-order valence-corrected chi connectivity index (χ3v) is 6.16. The molecule has 0 aliphatic carbocycles. The third kappa shape index (κ3) is 5.77. The van der Waals surface area contributed by atoms with E-state index in [1.165, 1.54) is 12.1 Å². The third-order valence-electron chi connectivity index (χ3n) is 4.67. The van der Waals surface area contributed by atoms with Crippen LogP contribution in [0.15, 0.2) is 28.9 Å². The van der Waals surface area contributed by atoms with Crippen LogP contribution < -0.4 is 10.0 Å². The molecule has 3 rings (SSSR count). The van der Waals surface area contributed by atoms with Gasteiger partial charge in [-0.25, -0.2) is 13.5 Å². The summed E-state index contributed by atoms with van der Waals surface area (Å²) in [6, 6.07) is 4.09. The number of anilines is 2. The van der Waals surface area contributed by atoms with Crippen LogP contribution in [0, 0.1) is 0 Å². The quantitative estimate of drug-likeness (QED) is 0.655. The number of ether oxygens (including phenoxy) is 1. The molecular formula is C19H24F2N4O5S. The van der Waals surface area contributed by atoms with Gasteiger partial charge in [-0.05, 0) is 24.0 Å². The number of carbonyl (C=O) groups is 1. The molecule has 2 N–H and O–H groups in total. The van der Waals surface area contributed by atoms with Crippen molar-refractivity contribution < 1.29 is 31.1 Å². The molecule has 2 aromatic rings. The number of nitrogens with one attached hydrogen (secondary N) is 2. The summed E-state index contributed by atoms with van der Waals surface area (Å²) in [5.74, 6) is -0.943. The highest BCUT2D eigenvalue weighted by atomic mass is 32.2.